The number of nitrogen functional groups attached to an aromatic ring is 1. The summed E-state index contributed by atoms with van der Waals surface area (Å²) in [5.41, 5.74) is 5.43. The van der Waals surface area contributed by atoms with Crippen molar-refractivity contribution in [2.24, 2.45) is 0 Å². The highest BCUT2D eigenvalue weighted by atomic mass is 35.5. The summed E-state index contributed by atoms with van der Waals surface area (Å²) in [7, 11) is -3.81. The number of rotatable bonds is 3. The van der Waals surface area contributed by atoms with Crippen LogP contribution in [0.15, 0.2) is 41.4 Å². The number of pyridine rings is 1. The number of hydrogen-bond donors (Lipinski definition) is 3. The van der Waals surface area contributed by atoms with Crippen molar-refractivity contribution in [3.63, 3.8) is 0 Å². The SMILES string of the molecule is Nc1cc(S(=O)(=O)Nc2ccc(Cl)cn2)ccc1O. The molecular formula is C11H10ClN3O3S. The standard InChI is InChI=1S/C11H10ClN3O3S/c12-7-1-4-11(14-6-7)15-19(17,18)8-2-3-10(16)9(13)5-8/h1-6,16H,13H2,(H,14,15). The van der Waals surface area contributed by atoms with E-state index in [1.165, 1.54) is 30.5 Å². The third-order valence-electron chi connectivity index (χ3n) is 2.28. The summed E-state index contributed by atoms with van der Waals surface area (Å²) in [4.78, 5) is 3.76. The second-order valence-corrected chi connectivity index (χ2v) is 5.81. The number of sulfonamides is 1. The molecule has 0 aliphatic heterocycles. The fourth-order valence-electron chi connectivity index (χ4n) is 1.33. The Labute approximate surface area is 114 Å². The van der Waals surface area contributed by atoms with E-state index in [2.05, 4.69) is 9.71 Å². The Hall–Kier alpha value is -1.99. The molecule has 4 N–H and O–H groups in total. The minimum absolute atomic E-state index is 0.0214. The normalized spacial score (nSPS) is 11.2. The molecule has 0 radical (unpaired) electrons. The summed E-state index contributed by atoms with van der Waals surface area (Å²) in [6.07, 6.45) is 1.32. The maximum absolute atomic E-state index is 12.0. The highest BCUT2D eigenvalue weighted by Crippen LogP contribution is 2.24. The number of halogens is 1. The number of benzene rings is 1. The molecule has 0 saturated carbocycles. The van der Waals surface area contributed by atoms with Crippen LogP contribution in [-0.2, 0) is 10.0 Å². The predicted octanol–water partition coefficient (Wildman–Crippen LogP) is 1.82. The molecule has 0 saturated heterocycles. The summed E-state index contributed by atoms with van der Waals surface area (Å²) >= 11 is 5.65. The Kier molecular flexibility index (Phi) is 3.50. The Morgan fingerprint density at radius 3 is 2.58 bits per heavy atom. The van der Waals surface area contributed by atoms with E-state index in [-0.39, 0.29) is 22.2 Å². The predicted molar refractivity (Wildman–Crippen MR) is 72.6 cm³/mol. The number of phenolic OH excluding ortho intramolecular Hbond substituents is 1. The fraction of sp³-hybridized carbons (Fsp3) is 0. The molecule has 1 heterocycles. The van der Waals surface area contributed by atoms with Gasteiger partial charge in [-0.3, -0.25) is 4.72 Å². The van der Waals surface area contributed by atoms with E-state index >= 15 is 0 Å². The van der Waals surface area contributed by atoms with Gasteiger partial charge in [0, 0.05) is 6.20 Å². The Morgan fingerprint density at radius 2 is 2.00 bits per heavy atom. The lowest BCUT2D eigenvalue weighted by Gasteiger charge is -2.08. The van der Waals surface area contributed by atoms with Crippen LogP contribution < -0.4 is 10.5 Å². The summed E-state index contributed by atoms with van der Waals surface area (Å²) < 4.78 is 26.3. The first-order chi connectivity index (χ1) is 8.88. The van der Waals surface area contributed by atoms with E-state index in [0.717, 1.165) is 6.07 Å². The largest absolute Gasteiger partial charge is 0.506 e. The van der Waals surface area contributed by atoms with Crippen molar-refractivity contribution in [2.75, 3.05) is 10.5 Å². The average Bonchev–Trinajstić information content (AvgIpc) is 2.35. The lowest BCUT2D eigenvalue weighted by molar-refractivity contribution is 0.477. The van der Waals surface area contributed by atoms with Crippen LogP contribution in [0.1, 0.15) is 0 Å². The molecule has 0 bridgehead atoms. The minimum Gasteiger partial charge on any atom is -0.506 e. The number of phenols is 1. The Balaban J connectivity index is 2.32. The zero-order valence-electron chi connectivity index (χ0n) is 9.54. The quantitative estimate of drug-likeness (QED) is 0.592. The molecule has 0 fully saturated rings. The van der Waals surface area contributed by atoms with E-state index in [1.807, 2.05) is 0 Å². The first-order valence-corrected chi connectivity index (χ1v) is 6.97. The van der Waals surface area contributed by atoms with Crippen LogP contribution in [0, 0.1) is 0 Å². The summed E-state index contributed by atoms with van der Waals surface area (Å²) in [5, 5.41) is 9.66. The molecule has 0 spiro atoms. The third-order valence-corrected chi connectivity index (χ3v) is 3.85. The highest BCUT2D eigenvalue weighted by Gasteiger charge is 2.16. The van der Waals surface area contributed by atoms with Gasteiger partial charge in [0.1, 0.15) is 11.6 Å². The number of hydrogen-bond acceptors (Lipinski definition) is 5. The zero-order valence-corrected chi connectivity index (χ0v) is 11.1. The maximum atomic E-state index is 12.0. The second kappa shape index (κ2) is 4.94. The van der Waals surface area contributed by atoms with Crippen molar-refractivity contribution in [3.8, 4) is 5.75 Å². The molecule has 0 aliphatic carbocycles. The van der Waals surface area contributed by atoms with Crippen LogP contribution in [0.3, 0.4) is 0 Å². The number of nitrogens with two attached hydrogens (primary N) is 1. The van der Waals surface area contributed by atoms with Crippen LogP contribution in [-0.4, -0.2) is 18.5 Å². The number of nitrogens with zero attached hydrogens (tertiary/aromatic N) is 1. The molecular weight excluding hydrogens is 290 g/mol. The van der Waals surface area contributed by atoms with Crippen molar-refractivity contribution in [2.45, 2.75) is 4.90 Å². The van der Waals surface area contributed by atoms with Crippen molar-refractivity contribution in [1.29, 1.82) is 0 Å². The molecule has 0 atom stereocenters. The van der Waals surface area contributed by atoms with E-state index in [9.17, 15) is 13.5 Å². The lowest BCUT2D eigenvalue weighted by Crippen LogP contribution is -2.14. The van der Waals surface area contributed by atoms with Crippen LogP contribution in [0.25, 0.3) is 0 Å². The van der Waals surface area contributed by atoms with Gasteiger partial charge in [-0.1, -0.05) is 11.6 Å². The topological polar surface area (TPSA) is 105 Å². The van der Waals surface area contributed by atoms with Crippen molar-refractivity contribution < 1.29 is 13.5 Å². The van der Waals surface area contributed by atoms with Crippen molar-refractivity contribution in [1.82, 2.24) is 4.98 Å². The van der Waals surface area contributed by atoms with Gasteiger partial charge in [-0.2, -0.15) is 0 Å². The molecule has 0 aliphatic rings. The first-order valence-electron chi connectivity index (χ1n) is 5.11. The van der Waals surface area contributed by atoms with E-state index < -0.39 is 10.0 Å². The highest BCUT2D eigenvalue weighted by molar-refractivity contribution is 7.92. The molecule has 2 aromatic rings. The van der Waals surface area contributed by atoms with Crippen LogP contribution in [0.4, 0.5) is 11.5 Å². The van der Waals surface area contributed by atoms with Gasteiger partial charge >= 0.3 is 0 Å². The average molecular weight is 300 g/mol. The number of anilines is 2. The molecule has 6 nitrogen and oxygen atoms in total. The van der Waals surface area contributed by atoms with Crippen LogP contribution in [0.5, 0.6) is 5.75 Å². The molecule has 8 heteroatoms. The van der Waals surface area contributed by atoms with Crippen molar-refractivity contribution in [3.05, 3.63) is 41.6 Å². The summed E-state index contributed by atoms with van der Waals surface area (Å²) in [6, 6.07) is 6.55. The smallest absolute Gasteiger partial charge is 0.263 e. The lowest BCUT2D eigenvalue weighted by atomic mass is 10.3. The Bertz CT molecular complexity index is 702. The monoisotopic (exact) mass is 299 g/mol. The zero-order chi connectivity index (χ0) is 14.0. The van der Waals surface area contributed by atoms with Crippen LogP contribution in [0.2, 0.25) is 5.02 Å². The summed E-state index contributed by atoms with van der Waals surface area (Å²) in [5.74, 6) is -0.0420. The van der Waals surface area contributed by atoms with Gasteiger partial charge in [0.2, 0.25) is 0 Å². The maximum Gasteiger partial charge on any atom is 0.263 e. The van der Waals surface area contributed by atoms with Gasteiger partial charge in [0.25, 0.3) is 10.0 Å². The molecule has 1 aromatic carbocycles. The van der Waals surface area contributed by atoms with Gasteiger partial charge in [0.05, 0.1) is 15.6 Å². The molecule has 19 heavy (non-hydrogen) atoms. The van der Waals surface area contributed by atoms with E-state index in [1.54, 1.807) is 0 Å². The fourth-order valence-corrected chi connectivity index (χ4v) is 2.49. The molecule has 100 valence electrons. The number of aromatic hydroxyl groups is 1. The van der Waals surface area contributed by atoms with Gasteiger partial charge in [-0.15, -0.1) is 0 Å². The van der Waals surface area contributed by atoms with Crippen LogP contribution >= 0.6 is 11.6 Å². The number of nitrogens with one attached hydrogen (secondary N) is 1. The van der Waals surface area contributed by atoms with E-state index in [4.69, 9.17) is 17.3 Å². The minimum atomic E-state index is -3.81. The summed E-state index contributed by atoms with van der Waals surface area (Å²) in [6.45, 7) is 0. The van der Waals surface area contributed by atoms with Gasteiger partial charge in [0.15, 0.2) is 0 Å². The van der Waals surface area contributed by atoms with E-state index in [0.29, 0.717) is 5.02 Å². The number of aromatic nitrogens is 1. The second-order valence-electron chi connectivity index (χ2n) is 3.69. The van der Waals surface area contributed by atoms with Gasteiger partial charge in [-0.05, 0) is 30.3 Å². The molecule has 0 unspecified atom stereocenters. The molecule has 0 amide bonds. The molecule has 2 rings (SSSR count). The first kappa shape index (κ1) is 13.4. The third kappa shape index (κ3) is 3.07. The molecule has 1 aromatic heterocycles. The van der Waals surface area contributed by atoms with Gasteiger partial charge in [-0.25, -0.2) is 13.4 Å². The van der Waals surface area contributed by atoms with Gasteiger partial charge < -0.3 is 10.8 Å². The van der Waals surface area contributed by atoms with Crippen molar-refractivity contribution >= 4 is 33.1 Å². The Morgan fingerprint density at radius 1 is 1.26 bits per heavy atom.